The molecule has 0 aliphatic rings. The SMILES string of the molecule is COc1cc(F)c2c(-c3ccc(CNS(=O)[O-])cc3)ccnc2c1. The molecule has 1 heterocycles. The number of methoxy groups -OCH3 is 1. The molecule has 0 fully saturated rings. The van der Waals surface area contributed by atoms with Crippen molar-refractivity contribution in [1.82, 2.24) is 9.71 Å². The number of fused-ring (bicyclic) bond motifs is 1. The molecule has 1 unspecified atom stereocenters. The van der Waals surface area contributed by atoms with Crippen molar-refractivity contribution in [2.75, 3.05) is 7.11 Å². The van der Waals surface area contributed by atoms with Gasteiger partial charge in [0.2, 0.25) is 0 Å². The summed E-state index contributed by atoms with van der Waals surface area (Å²) in [6, 6.07) is 12.0. The van der Waals surface area contributed by atoms with Crippen LogP contribution in [0.3, 0.4) is 0 Å². The average molecular weight is 345 g/mol. The van der Waals surface area contributed by atoms with E-state index in [-0.39, 0.29) is 6.54 Å². The van der Waals surface area contributed by atoms with Crippen molar-refractivity contribution < 1.29 is 17.9 Å². The van der Waals surface area contributed by atoms with E-state index in [0.717, 1.165) is 11.1 Å². The first-order valence-corrected chi connectivity index (χ1v) is 8.20. The smallest absolute Gasteiger partial charge is 0.136 e. The highest BCUT2D eigenvalue weighted by molar-refractivity contribution is 7.77. The molecule has 0 aliphatic heterocycles. The Balaban J connectivity index is 2.01. The largest absolute Gasteiger partial charge is 0.760 e. The van der Waals surface area contributed by atoms with Gasteiger partial charge in [-0.3, -0.25) is 9.19 Å². The molecule has 0 spiro atoms. The van der Waals surface area contributed by atoms with Gasteiger partial charge in [0.15, 0.2) is 0 Å². The summed E-state index contributed by atoms with van der Waals surface area (Å²) in [5.41, 5.74) is 2.85. The number of hydrogen-bond donors (Lipinski definition) is 1. The molecule has 3 rings (SSSR count). The van der Waals surface area contributed by atoms with Gasteiger partial charge >= 0.3 is 0 Å². The summed E-state index contributed by atoms with van der Waals surface area (Å²) >= 11 is -2.30. The van der Waals surface area contributed by atoms with Crippen molar-refractivity contribution in [3.8, 4) is 16.9 Å². The number of benzene rings is 2. The molecule has 0 saturated carbocycles. The molecule has 7 heteroatoms. The highest BCUT2D eigenvalue weighted by atomic mass is 32.2. The summed E-state index contributed by atoms with van der Waals surface area (Å²) in [6.07, 6.45) is 1.62. The molecular formula is C17H14FN2O3S-. The summed E-state index contributed by atoms with van der Waals surface area (Å²) < 4.78 is 42.9. The van der Waals surface area contributed by atoms with Crippen LogP contribution in [-0.4, -0.2) is 20.9 Å². The van der Waals surface area contributed by atoms with E-state index in [9.17, 15) is 13.2 Å². The van der Waals surface area contributed by atoms with Crippen LogP contribution < -0.4 is 9.46 Å². The van der Waals surface area contributed by atoms with Crippen LogP contribution >= 0.6 is 0 Å². The standard InChI is InChI=1S/C17H15FN2O3S/c1-23-13-8-15(18)17-14(6-7-19-16(17)9-13)12-4-2-11(3-5-12)10-20-24(21)22/h2-9,20H,10H2,1H3,(H,21,22)/p-1. The Morgan fingerprint density at radius 2 is 2.00 bits per heavy atom. The third-order valence-electron chi connectivity index (χ3n) is 3.66. The van der Waals surface area contributed by atoms with E-state index in [1.54, 1.807) is 30.5 Å². The molecule has 1 atom stereocenters. The summed E-state index contributed by atoms with van der Waals surface area (Å²) in [7, 11) is 1.48. The second-order valence-corrected chi connectivity index (χ2v) is 5.87. The monoisotopic (exact) mass is 345 g/mol. The van der Waals surface area contributed by atoms with Crippen molar-refractivity contribution in [2.24, 2.45) is 0 Å². The van der Waals surface area contributed by atoms with Crippen LogP contribution in [0.5, 0.6) is 5.75 Å². The van der Waals surface area contributed by atoms with Gasteiger partial charge in [-0.2, -0.15) is 0 Å². The maximum absolute atomic E-state index is 14.5. The predicted octanol–water partition coefficient (Wildman–Crippen LogP) is 2.93. The number of nitrogens with zero attached hydrogens (tertiary/aromatic N) is 1. The summed E-state index contributed by atoms with van der Waals surface area (Å²) in [5.74, 6) is 0.0108. The first-order chi connectivity index (χ1) is 11.6. The van der Waals surface area contributed by atoms with Gasteiger partial charge in [0.1, 0.15) is 11.6 Å². The first-order valence-electron chi connectivity index (χ1n) is 7.13. The zero-order valence-corrected chi connectivity index (χ0v) is 13.6. The molecule has 1 N–H and O–H groups in total. The molecule has 24 heavy (non-hydrogen) atoms. The minimum absolute atomic E-state index is 0.207. The van der Waals surface area contributed by atoms with E-state index in [4.69, 9.17) is 4.74 Å². The number of nitrogens with one attached hydrogen (secondary N) is 1. The average Bonchev–Trinajstić information content (AvgIpc) is 2.59. The summed E-state index contributed by atoms with van der Waals surface area (Å²) in [5, 5.41) is 0.421. The topological polar surface area (TPSA) is 74.3 Å². The zero-order chi connectivity index (χ0) is 17.1. The predicted molar refractivity (Wildman–Crippen MR) is 89.4 cm³/mol. The number of aromatic nitrogens is 1. The quantitative estimate of drug-likeness (QED) is 0.722. The van der Waals surface area contributed by atoms with Crippen molar-refractivity contribution in [2.45, 2.75) is 6.54 Å². The van der Waals surface area contributed by atoms with Crippen LogP contribution in [0.1, 0.15) is 5.56 Å². The Labute approximate surface area is 140 Å². The second-order valence-electron chi connectivity index (χ2n) is 5.11. The van der Waals surface area contributed by atoms with Gasteiger partial charge in [-0.1, -0.05) is 24.3 Å². The molecule has 5 nitrogen and oxygen atoms in total. The Kier molecular flexibility index (Phi) is 4.84. The van der Waals surface area contributed by atoms with Gasteiger partial charge in [0.05, 0.1) is 12.6 Å². The van der Waals surface area contributed by atoms with E-state index in [2.05, 4.69) is 9.71 Å². The van der Waals surface area contributed by atoms with Gasteiger partial charge in [-0.15, -0.1) is 0 Å². The van der Waals surface area contributed by atoms with E-state index >= 15 is 0 Å². The van der Waals surface area contributed by atoms with Crippen molar-refractivity contribution in [3.05, 3.63) is 60.0 Å². The maximum atomic E-state index is 14.5. The van der Waals surface area contributed by atoms with Gasteiger partial charge < -0.3 is 9.29 Å². The lowest BCUT2D eigenvalue weighted by atomic mass is 9.99. The molecule has 0 radical (unpaired) electrons. The molecule has 2 aromatic carbocycles. The van der Waals surface area contributed by atoms with E-state index in [1.807, 2.05) is 12.1 Å². The van der Waals surface area contributed by atoms with Crippen LogP contribution in [-0.2, 0) is 17.8 Å². The lowest BCUT2D eigenvalue weighted by Crippen LogP contribution is -2.15. The lowest BCUT2D eigenvalue weighted by Gasteiger charge is -2.11. The third-order valence-corrected chi connectivity index (χ3v) is 4.04. The fraction of sp³-hybridized carbons (Fsp3) is 0.118. The molecule has 1 aromatic heterocycles. The van der Waals surface area contributed by atoms with Crippen LogP contribution in [0.25, 0.3) is 22.0 Å². The molecule has 3 aromatic rings. The van der Waals surface area contributed by atoms with Gasteiger partial charge in [-0.05, 0) is 22.8 Å². The van der Waals surface area contributed by atoms with Gasteiger partial charge in [0.25, 0.3) is 0 Å². The minimum Gasteiger partial charge on any atom is -0.760 e. The highest BCUT2D eigenvalue weighted by Gasteiger charge is 2.11. The molecule has 124 valence electrons. The second kappa shape index (κ2) is 7.04. The molecule has 0 bridgehead atoms. The number of ether oxygens (including phenoxy) is 1. The fourth-order valence-corrected chi connectivity index (χ4v) is 2.80. The van der Waals surface area contributed by atoms with Crippen molar-refractivity contribution >= 4 is 22.2 Å². The zero-order valence-electron chi connectivity index (χ0n) is 12.8. The Morgan fingerprint density at radius 3 is 2.67 bits per heavy atom. The highest BCUT2D eigenvalue weighted by Crippen LogP contribution is 2.32. The Bertz CT molecular complexity index is 900. The third kappa shape index (κ3) is 3.43. The molecule has 0 amide bonds. The van der Waals surface area contributed by atoms with Crippen LogP contribution in [0.2, 0.25) is 0 Å². The number of halogens is 1. The van der Waals surface area contributed by atoms with Crippen LogP contribution in [0.4, 0.5) is 4.39 Å². The Hall–Kier alpha value is -2.35. The van der Waals surface area contributed by atoms with E-state index in [1.165, 1.54) is 13.2 Å². The first kappa shape index (κ1) is 16.5. The fourth-order valence-electron chi connectivity index (χ4n) is 2.51. The van der Waals surface area contributed by atoms with Crippen molar-refractivity contribution in [3.63, 3.8) is 0 Å². The van der Waals surface area contributed by atoms with Gasteiger partial charge in [0, 0.05) is 41.5 Å². The van der Waals surface area contributed by atoms with Crippen molar-refractivity contribution in [1.29, 1.82) is 0 Å². The molecule has 0 aliphatic carbocycles. The normalized spacial score (nSPS) is 12.3. The lowest BCUT2D eigenvalue weighted by molar-refractivity contribution is 0.412. The van der Waals surface area contributed by atoms with Gasteiger partial charge in [-0.25, -0.2) is 9.11 Å². The summed E-state index contributed by atoms with van der Waals surface area (Å²) in [4.78, 5) is 4.20. The minimum atomic E-state index is -2.30. The number of pyridine rings is 1. The maximum Gasteiger partial charge on any atom is 0.136 e. The Morgan fingerprint density at radius 1 is 1.25 bits per heavy atom. The van der Waals surface area contributed by atoms with E-state index in [0.29, 0.717) is 22.2 Å². The van der Waals surface area contributed by atoms with Crippen LogP contribution in [0, 0.1) is 5.82 Å². The van der Waals surface area contributed by atoms with Crippen LogP contribution in [0.15, 0.2) is 48.7 Å². The molecular weight excluding hydrogens is 331 g/mol. The number of rotatable bonds is 5. The molecule has 0 saturated heterocycles. The number of hydrogen-bond acceptors (Lipinski definition) is 4. The summed E-state index contributed by atoms with van der Waals surface area (Å²) in [6.45, 7) is 0.207. The van der Waals surface area contributed by atoms with E-state index < -0.39 is 17.1 Å².